The summed E-state index contributed by atoms with van der Waals surface area (Å²) in [5, 5.41) is 10.7. The van der Waals surface area contributed by atoms with Crippen LogP contribution in [0.4, 0.5) is 4.79 Å². The van der Waals surface area contributed by atoms with Crippen LogP contribution in [0.1, 0.15) is 44.7 Å². The number of amides is 4. The van der Waals surface area contributed by atoms with Crippen molar-refractivity contribution in [3.8, 4) is 5.75 Å². The van der Waals surface area contributed by atoms with Crippen LogP contribution in [0.3, 0.4) is 0 Å². The van der Waals surface area contributed by atoms with E-state index < -0.39 is 35.7 Å². The van der Waals surface area contributed by atoms with E-state index >= 15 is 0 Å². The molecular weight excluding hydrogens is 460 g/mol. The molecule has 194 valence electrons. The second kappa shape index (κ2) is 14.5. The van der Waals surface area contributed by atoms with E-state index in [0.717, 1.165) is 11.1 Å². The van der Waals surface area contributed by atoms with Gasteiger partial charge in [0.2, 0.25) is 11.7 Å². The zero-order valence-corrected chi connectivity index (χ0v) is 21.3. The molecule has 0 aliphatic heterocycles. The standard InChI is InChI=1S/C27H36N4O5/c1-5-22(24(32)26(34)28-16-20-11-13-21(36-4)14-12-20)30-25(33)23(15-18(2)3)31-27(35)29-17-19-9-7-6-8-10-19/h6-14,18,22-23H,5,15-17H2,1-4H3,(H,28,34)(H,30,33)(H2,29,31,35)/t22?,23-/m0/s1. The lowest BCUT2D eigenvalue weighted by atomic mass is 10.0. The highest BCUT2D eigenvalue weighted by molar-refractivity contribution is 6.38. The number of urea groups is 1. The van der Waals surface area contributed by atoms with Crippen molar-refractivity contribution < 1.29 is 23.9 Å². The first-order valence-electron chi connectivity index (χ1n) is 12.1. The van der Waals surface area contributed by atoms with Crippen LogP contribution >= 0.6 is 0 Å². The lowest BCUT2D eigenvalue weighted by molar-refractivity contribution is -0.140. The summed E-state index contributed by atoms with van der Waals surface area (Å²) in [4.78, 5) is 50.6. The van der Waals surface area contributed by atoms with Crippen LogP contribution in [-0.4, -0.2) is 42.8 Å². The Labute approximate surface area is 212 Å². The molecule has 1 unspecified atom stereocenters. The minimum Gasteiger partial charge on any atom is -0.497 e. The van der Waals surface area contributed by atoms with Gasteiger partial charge in [0.25, 0.3) is 5.91 Å². The number of Topliss-reactive ketones (excluding diaryl/α,β-unsaturated/α-hetero) is 1. The van der Waals surface area contributed by atoms with Crippen molar-refractivity contribution in [1.82, 2.24) is 21.3 Å². The Morgan fingerprint density at radius 3 is 2.00 bits per heavy atom. The Morgan fingerprint density at radius 1 is 0.806 bits per heavy atom. The van der Waals surface area contributed by atoms with Crippen LogP contribution in [0.5, 0.6) is 5.75 Å². The van der Waals surface area contributed by atoms with Gasteiger partial charge in [-0.05, 0) is 42.0 Å². The summed E-state index contributed by atoms with van der Waals surface area (Å²) in [5.41, 5.74) is 1.73. The molecule has 9 nitrogen and oxygen atoms in total. The summed E-state index contributed by atoms with van der Waals surface area (Å²) >= 11 is 0. The van der Waals surface area contributed by atoms with Gasteiger partial charge in [-0.3, -0.25) is 14.4 Å². The molecule has 0 aromatic heterocycles. The molecule has 2 aromatic carbocycles. The van der Waals surface area contributed by atoms with Crippen LogP contribution in [0.2, 0.25) is 0 Å². The van der Waals surface area contributed by atoms with Gasteiger partial charge in [-0.15, -0.1) is 0 Å². The molecule has 36 heavy (non-hydrogen) atoms. The van der Waals surface area contributed by atoms with E-state index in [1.165, 1.54) is 0 Å². The smallest absolute Gasteiger partial charge is 0.315 e. The molecule has 0 saturated heterocycles. The van der Waals surface area contributed by atoms with Crippen molar-refractivity contribution in [3.63, 3.8) is 0 Å². The number of hydrogen-bond acceptors (Lipinski definition) is 5. The highest BCUT2D eigenvalue weighted by Crippen LogP contribution is 2.11. The number of carbonyl (C=O) groups excluding carboxylic acids is 4. The molecule has 4 amide bonds. The predicted octanol–water partition coefficient (Wildman–Crippen LogP) is 2.69. The molecule has 0 fully saturated rings. The summed E-state index contributed by atoms with van der Waals surface area (Å²) in [6.07, 6.45) is 0.605. The van der Waals surface area contributed by atoms with Crippen LogP contribution in [-0.2, 0) is 27.5 Å². The van der Waals surface area contributed by atoms with E-state index in [1.807, 2.05) is 44.2 Å². The van der Waals surface area contributed by atoms with Gasteiger partial charge in [0, 0.05) is 13.1 Å². The van der Waals surface area contributed by atoms with Gasteiger partial charge >= 0.3 is 6.03 Å². The maximum Gasteiger partial charge on any atom is 0.315 e. The fourth-order valence-electron chi connectivity index (χ4n) is 3.49. The zero-order valence-electron chi connectivity index (χ0n) is 21.3. The van der Waals surface area contributed by atoms with E-state index in [1.54, 1.807) is 38.3 Å². The van der Waals surface area contributed by atoms with E-state index in [4.69, 9.17) is 4.74 Å². The fraction of sp³-hybridized carbons (Fsp3) is 0.407. The van der Waals surface area contributed by atoms with Gasteiger partial charge < -0.3 is 26.0 Å². The van der Waals surface area contributed by atoms with Gasteiger partial charge in [0.05, 0.1) is 13.2 Å². The number of methoxy groups -OCH3 is 1. The second-order valence-electron chi connectivity index (χ2n) is 8.86. The van der Waals surface area contributed by atoms with E-state index in [2.05, 4.69) is 21.3 Å². The van der Waals surface area contributed by atoms with Crippen LogP contribution in [0.15, 0.2) is 54.6 Å². The zero-order chi connectivity index (χ0) is 26.5. The Kier molecular flexibility index (Phi) is 11.4. The average Bonchev–Trinajstić information content (AvgIpc) is 2.88. The number of ketones is 1. The highest BCUT2D eigenvalue weighted by Gasteiger charge is 2.29. The van der Waals surface area contributed by atoms with Crippen molar-refractivity contribution in [2.45, 2.75) is 58.8 Å². The number of ether oxygens (including phenoxy) is 1. The van der Waals surface area contributed by atoms with E-state index in [0.29, 0.717) is 18.7 Å². The summed E-state index contributed by atoms with van der Waals surface area (Å²) < 4.78 is 5.11. The molecule has 4 N–H and O–H groups in total. The van der Waals surface area contributed by atoms with Gasteiger partial charge in [0.1, 0.15) is 11.8 Å². The van der Waals surface area contributed by atoms with Crippen LogP contribution in [0, 0.1) is 5.92 Å². The third-order valence-electron chi connectivity index (χ3n) is 5.50. The second-order valence-corrected chi connectivity index (χ2v) is 8.86. The van der Waals surface area contributed by atoms with Crippen molar-refractivity contribution >= 4 is 23.6 Å². The molecule has 0 aliphatic carbocycles. The van der Waals surface area contributed by atoms with Gasteiger partial charge in [0.15, 0.2) is 0 Å². The van der Waals surface area contributed by atoms with Crippen LogP contribution in [0.25, 0.3) is 0 Å². The Bertz CT molecular complexity index is 1010. The number of hydrogen-bond donors (Lipinski definition) is 4. The molecule has 0 saturated carbocycles. The van der Waals surface area contributed by atoms with Crippen LogP contribution < -0.4 is 26.0 Å². The molecule has 0 bridgehead atoms. The topological polar surface area (TPSA) is 126 Å². The fourth-order valence-corrected chi connectivity index (χ4v) is 3.49. The Morgan fingerprint density at radius 2 is 1.42 bits per heavy atom. The van der Waals surface area contributed by atoms with Gasteiger partial charge in [-0.1, -0.05) is 63.2 Å². The molecule has 2 aromatic rings. The normalized spacial score (nSPS) is 12.2. The average molecular weight is 497 g/mol. The first kappa shape index (κ1) is 28.4. The molecule has 2 atom stereocenters. The number of rotatable bonds is 13. The molecule has 9 heteroatoms. The SMILES string of the molecule is CCC(NC(=O)[C@H](CC(C)C)NC(=O)NCc1ccccc1)C(=O)C(=O)NCc1ccc(OC)cc1. The molecule has 0 radical (unpaired) electrons. The van der Waals surface area contributed by atoms with Crippen molar-refractivity contribution in [2.24, 2.45) is 5.92 Å². The molecule has 0 aliphatic rings. The van der Waals surface area contributed by atoms with E-state index in [-0.39, 0.29) is 18.9 Å². The third-order valence-corrected chi connectivity index (χ3v) is 5.50. The predicted molar refractivity (Wildman–Crippen MR) is 137 cm³/mol. The van der Waals surface area contributed by atoms with Crippen molar-refractivity contribution in [1.29, 1.82) is 0 Å². The number of carbonyl (C=O) groups is 4. The monoisotopic (exact) mass is 496 g/mol. The first-order chi connectivity index (χ1) is 17.2. The van der Waals surface area contributed by atoms with E-state index in [9.17, 15) is 19.2 Å². The third kappa shape index (κ3) is 9.40. The highest BCUT2D eigenvalue weighted by atomic mass is 16.5. The summed E-state index contributed by atoms with van der Waals surface area (Å²) in [6.45, 7) is 6.04. The summed E-state index contributed by atoms with van der Waals surface area (Å²) in [7, 11) is 1.56. The summed E-state index contributed by atoms with van der Waals surface area (Å²) in [6, 6.07) is 14.1. The molecule has 0 heterocycles. The maximum atomic E-state index is 13.0. The molecule has 0 spiro atoms. The molecule has 2 rings (SSSR count). The minimum absolute atomic E-state index is 0.110. The van der Waals surface area contributed by atoms with Gasteiger partial charge in [-0.2, -0.15) is 0 Å². The van der Waals surface area contributed by atoms with Crippen molar-refractivity contribution in [2.75, 3.05) is 7.11 Å². The van der Waals surface area contributed by atoms with Gasteiger partial charge in [-0.25, -0.2) is 4.79 Å². The minimum atomic E-state index is -1.00. The van der Waals surface area contributed by atoms with Crippen molar-refractivity contribution in [3.05, 3.63) is 65.7 Å². The largest absolute Gasteiger partial charge is 0.497 e. The first-order valence-corrected chi connectivity index (χ1v) is 12.1. The summed E-state index contributed by atoms with van der Waals surface area (Å²) in [5.74, 6) is -1.24. The maximum absolute atomic E-state index is 13.0. The Hall–Kier alpha value is -3.88. The number of benzene rings is 2. The quantitative estimate of drug-likeness (QED) is 0.317. The molecular formula is C27H36N4O5. The lowest BCUT2D eigenvalue weighted by Gasteiger charge is -2.23. The number of nitrogens with one attached hydrogen (secondary N) is 4. The lowest BCUT2D eigenvalue weighted by Crippen LogP contribution is -2.55. The Balaban J connectivity index is 1.93.